The number of carbonyl (C=O) groups is 2. The number of hydrogen-bond donors (Lipinski definition) is 2. The van der Waals surface area contributed by atoms with E-state index in [1.54, 1.807) is 0 Å². The zero-order valence-corrected chi connectivity index (χ0v) is 9.39. The second kappa shape index (κ2) is 4.04. The van der Waals surface area contributed by atoms with Crippen LogP contribution in [0.15, 0.2) is 11.5 Å². The smallest absolute Gasteiger partial charge is 0.225 e. The highest BCUT2D eigenvalue weighted by Gasteiger charge is 2.25. The predicted molar refractivity (Wildman–Crippen MR) is 56.1 cm³/mol. The van der Waals surface area contributed by atoms with Crippen molar-refractivity contribution in [3.63, 3.8) is 0 Å². The van der Waals surface area contributed by atoms with Gasteiger partial charge in [0.1, 0.15) is 11.5 Å². The summed E-state index contributed by atoms with van der Waals surface area (Å²) in [6, 6.07) is 0. The summed E-state index contributed by atoms with van der Waals surface area (Å²) in [4.78, 5) is 22.8. The number of aliphatic hydroxyl groups is 1. The van der Waals surface area contributed by atoms with Crippen LogP contribution in [0.4, 0.5) is 0 Å². The van der Waals surface area contributed by atoms with Gasteiger partial charge in [0.05, 0.1) is 0 Å². The molecule has 0 radical (unpaired) electrons. The van der Waals surface area contributed by atoms with Gasteiger partial charge in [0.25, 0.3) is 0 Å². The average Bonchev–Trinajstić information content (AvgIpc) is 2.32. The van der Waals surface area contributed by atoms with E-state index in [1.165, 1.54) is 0 Å². The van der Waals surface area contributed by atoms with Crippen LogP contribution >= 0.6 is 0 Å². The molecule has 4 heteroatoms. The van der Waals surface area contributed by atoms with Crippen LogP contribution < -0.4 is 5.32 Å². The lowest BCUT2D eigenvalue weighted by Gasteiger charge is -2.17. The van der Waals surface area contributed by atoms with Crippen LogP contribution in [-0.2, 0) is 9.59 Å². The molecule has 1 aliphatic carbocycles. The molecule has 0 aromatic rings. The van der Waals surface area contributed by atoms with Crippen molar-refractivity contribution in [1.82, 2.24) is 5.32 Å². The highest BCUT2D eigenvalue weighted by atomic mass is 16.3. The normalized spacial score (nSPS) is 17.1. The van der Waals surface area contributed by atoms with Crippen molar-refractivity contribution in [2.24, 2.45) is 5.41 Å². The van der Waals surface area contributed by atoms with E-state index in [0.29, 0.717) is 12.8 Å². The third-order valence-electron chi connectivity index (χ3n) is 2.11. The molecule has 2 N–H and O–H groups in total. The van der Waals surface area contributed by atoms with Crippen LogP contribution in [0.1, 0.15) is 40.0 Å². The van der Waals surface area contributed by atoms with E-state index in [-0.39, 0.29) is 35.0 Å². The van der Waals surface area contributed by atoms with E-state index in [9.17, 15) is 14.7 Å². The van der Waals surface area contributed by atoms with Crippen molar-refractivity contribution in [2.45, 2.75) is 40.0 Å². The van der Waals surface area contributed by atoms with Crippen molar-refractivity contribution < 1.29 is 14.7 Å². The Morgan fingerprint density at radius 2 is 2.00 bits per heavy atom. The molecule has 0 saturated heterocycles. The van der Waals surface area contributed by atoms with Gasteiger partial charge in [-0.15, -0.1) is 0 Å². The molecule has 1 amide bonds. The van der Waals surface area contributed by atoms with Crippen molar-refractivity contribution in [1.29, 1.82) is 0 Å². The van der Waals surface area contributed by atoms with Crippen molar-refractivity contribution >= 4 is 11.7 Å². The first-order chi connectivity index (χ1) is 6.79. The fourth-order valence-corrected chi connectivity index (χ4v) is 1.45. The topological polar surface area (TPSA) is 66.4 Å². The molecule has 0 heterocycles. The van der Waals surface area contributed by atoms with Gasteiger partial charge in [0.15, 0.2) is 5.78 Å². The van der Waals surface area contributed by atoms with Crippen LogP contribution in [-0.4, -0.2) is 16.8 Å². The second-order valence-electron chi connectivity index (χ2n) is 5.03. The Hall–Kier alpha value is -1.32. The largest absolute Gasteiger partial charge is 0.510 e. The SMILES string of the molecule is CC(C)(C)CC(=O)NC1=C(O)CCC1=O. The summed E-state index contributed by atoms with van der Waals surface area (Å²) in [6.45, 7) is 5.83. The molecule has 0 saturated carbocycles. The van der Waals surface area contributed by atoms with E-state index in [2.05, 4.69) is 5.32 Å². The number of allylic oxidation sites excluding steroid dienone is 2. The summed E-state index contributed by atoms with van der Waals surface area (Å²) < 4.78 is 0. The third-order valence-corrected chi connectivity index (χ3v) is 2.11. The molecule has 0 unspecified atom stereocenters. The van der Waals surface area contributed by atoms with Gasteiger partial charge in [-0.3, -0.25) is 9.59 Å². The quantitative estimate of drug-likeness (QED) is 0.730. The molecule has 0 atom stereocenters. The summed E-state index contributed by atoms with van der Waals surface area (Å²) in [5.74, 6) is -0.406. The molecule has 1 rings (SSSR count). The standard InChI is InChI=1S/C11H17NO3/c1-11(2,3)6-9(15)12-10-7(13)4-5-8(10)14/h13H,4-6H2,1-3H3,(H,12,15). The first kappa shape index (κ1) is 11.8. The van der Waals surface area contributed by atoms with E-state index >= 15 is 0 Å². The zero-order valence-electron chi connectivity index (χ0n) is 9.39. The number of nitrogens with one attached hydrogen (secondary N) is 1. The summed E-state index contributed by atoms with van der Waals surface area (Å²) in [7, 11) is 0. The Morgan fingerprint density at radius 1 is 1.40 bits per heavy atom. The molecule has 84 valence electrons. The lowest BCUT2D eigenvalue weighted by atomic mass is 9.92. The monoisotopic (exact) mass is 211 g/mol. The number of amides is 1. The minimum Gasteiger partial charge on any atom is -0.510 e. The molecule has 0 bridgehead atoms. The highest BCUT2D eigenvalue weighted by Crippen LogP contribution is 2.21. The average molecular weight is 211 g/mol. The van der Waals surface area contributed by atoms with Gasteiger partial charge in [0.2, 0.25) is 5.91 Å². The molecule has 0 aromatic heterocycles. The summed E-state index contributed by atoms with van der Waals surface area (Å²) in [6.07, 6.45) is 0.956. The van der Waals surface area contributed by atoms with Crippen LogP contribution in [0.5, 0.6) is 0 Å². The fraction of sp³-hybridized carbons (Fsp3) is 0.636. The number of carbonyl (C=O) groups excluding carboxylic acids is 2. The van der Waals surface area contributed by atoms with Gasteiger partial charge in [0, 0.05) is 19.3 Å². The molecule has 15 heavy (non-hydrogen) atoms. The van der Waals surface area contributed by atoms with E-state index in [1.807, 2.05) is 20.8 Å². The zero-order chi connectivity index (χ0) is 11.6. The minimum atomic E-state index is -0.223. The van der Waals surface area contributed by atoms with Gasteiger partial charge in [-0.25, -0.2) is 0 Å². The molecule has 0 aromatic carbocycles. The van der Waals surface area contributed by atoms with Gasteiger partial charge in [-0.1, -0.05) is 20.8 Å². The van der Waals surface area contributed by atoms with Gasteiger partial charge in [-0.05, 0) is 5.41 Å². The Balaban J connectivity index is 2.59. The number of aliphatic hydroxyl groups excluding tert-OH is 1. The Labute approximate surface area is 89.4 Å². The first-order valence-corrected chi connectivity index (χ1v) is 5.05. The van der Waals surface area contributed by atoms with Crippen molar-refractivity contribution in [3.05, 3.63) is 11.5 Å². The lowest BCUT2D eigenvalue weighted by Crippen LogP contribution is -2.29. The second-order valence-corrected chi connectivity index (χ2v) is 5.03. The summed E-state index contributed by atoms with van der Waals surface area (Å²) >= 11 is 0. The molecular formula is C11H17NO3. The van der Waals surface area contributed by atoms with Crippen LogP contribution in [0, 0.1) is 5.41 Å². The molecule has 1 aliphatic rings. The molecule has 0 spiro atoms. The molecule has 0 aliphatic heterocycles. The van der Waals surface area contributed by atoms with E-state index < -0.39 is 0 Å². The summed E-state index contributed by atoms with van der Waals surface area (Å²) in [5.41, 5.74) is -0.0358. The highest BCUT2D eigenvalue weighted by molar-refractivity contribution is 6.01. The number of hydrogen-bond acceptors (Lipinski definition) is 3. The van der Waals surface area contributed by atoms with Crippen LogP contribution in [0.2, 0.25) is 0 Å². The molecule has 4 nitrogen and oxygen atoms in total. The number of Topliss-reactive ketones (excluding diaryl/α,β-unsaturated/α-hetero) is 1. The van der Waals surface area contributed by atoms with E-state index in [4.69, 9.17) is 0 Å². The Bertz CT molecular complexity index is 323. The van der Waals surface area contributed by atoms with Crippen molar-refractivity contribution in [2.75, 3.05) is 0 Å². The molecule has 0 fully saturated rings. The minimum absolute atomic E-state index is 0.00209. The van der Waals surface area contributed by atoms with Gasteiger partial charge in [-0.2, -0.15) is 0 Å². The number of ketones is 1. The van der Waals surface area contributed by atoms with Crippen LogP contribution in [0.3, 0.4) is 0 Å². The fourth-order valence-electron chi connectivity index (χ4n) is 1.45. The first-order valence-electron chi connectivity index (χ1n) is 5.05. The third kappa shape index (κ3) is 3.38. The van der Waals surface area contributed by atoms with E-state index in [0.717, 1.165) is 0 Å². The Morgan fingerprint density at radius 3 is 2.40 bits per heavy atom. The lowest BCUT2D eigenvalue weighted by molar-refractivity contribution is -0.124. The van der Waals surface area contributed by atoms with Crippen molar-refractivity contribution in [3.8, 4) is 0 Å². The summed E-state index contributed by atoms with van der Waals surface area (Å²) in [5, 5.41) is 11.8. The maximum Gasteiger partial charge on any atom is 0.225 e. The van der Waals surface area contributed by atoms with Crippen LogP contribution in [0.25, 0.3) is 0 Å². The number of rotatable bonds is 2. The maximum absolute atomic E-state index is 11.5. The Kier molecular flexibility index (Phi) is 3.17. The predicted octanol–water partition coefficient (Wildman–Crippen LogP) is 1.67. The van der Waals surface area contributed by atoms with Gasteiger partial charge < -0.3 is 10.4 Å². The molecular weight excluding hydrogens is 194 g/mol. The van der Waals surface area contributed by atoms with Gasteiger partial charge >= 0.3 is 0 Å². The maximum atomic E-state index is 11.5.